The summed E-state index contributed by atoms with van der Waals surface area (Å²) in [6.07, 6.45) is 4.19. The van der Waals surface area contributed by atoms with Crippen LogP contribution >= 0.6 is 0 Å². The van der Waals surface area contributed by atoms with Gasteiger partial charge in [0.25, 0.3) is 0 Å². The molecule has 0 fully saturated rings. The van der Waals surface area contributed by atoms with Gasteiger partial charge in [-0.15, -0.1) is 0 Å². The van der Waals surface area contributed by atoms with Crippen molar-refractivity contribution in [3.8, 4) is 0 Å². The van der Waals surface area contributed by atoms with Crippen LogP contribution < -0.4 is 10.6 Å². The molecule has 2 rings (SSSR count). The lowest BCUT2D eigenvalue weighted by Crippen LogP contribution is -2.30. The van der Waals surface area contributed by atoms with E-state index in [9.17, 15) is 4.79 Å². The summed E-state index contributed by atoms with van der Waals surface area (Å²) in [5, 5.41) is 8.57. The fraction of sp³-hybridized carbons (Fsp3) is 0.412. The Kier molecular flexibility index (Phi) is 5.69. The van der Waals surface area contributed by atoms with Crippen LogP contribution in [0.25, 0.3) is 10.8 Å². The van der Waals surface area contributed by atoms with Crippen LogP contribution in [0.3, 0.4) is 0 Å². The molecule has 2 aromatic rings. The summed E-state index contributed by atoms with van der Waals surface area (Å²) < 4.78 is 0. The van der Waals surface area contributed by atoms with Crippen LogP contribution in [0.2, 0.25) is 0 Å². The van der Waals surface area contributed by atoms with Crippen LogP contribution in [-0.2, 0) is 11.3 Å². The highest BCUT2D eigenvalue weighted by atomic mass is 16.1. The normalized spacial score (nSPS) is 11.0. The largest absolute Gasteiger partial charge is 0.356 e. The van der Waals surface area contributed by atoms with E-state index in [1.807, 2.05) is 12.3 Å². The van der Waals surface area contributed by atoms with Crippen molar-refractivity contribution in [2.75, 3.05) is 13.1 Å². The number of hydrogen-bond acceptors (Lipinski definition) is 3. The Bertz CT molecular complexity index is 595. The number of hydrogen-bond donors (Lipinski definition) is 2. The van der Waals surface area contributed by atoms with Crippen molar-refractivity contribution in [3.05, 3.63) is 42.2 Å². The van der Waals surface area contributed by atoms with Crippen molar-refractivity contribution in [1.29, 1.82) is 0 Å². The number of benzene rings is 1. The number of nitrogens with zero attached hydrogens (tertiary/aromatic N) is 1. The molecule has 4 heteroatoms. The van der Waals surface area contributed by atoms with Gasteiger partial charge in [-0.05, 0) is 29.0 Å². The zero-order valence-electron chi connectivity index (χ0n) is 12.7. The van der Waals surface area contributed by atoms with Crippen molar-refractivity contribution in [2.24, 2.45) is 5.92 Å². The highest BCUT2D eigenvalue weighted by molar-refractivity contribution is 5.82. The number of rotatable bonds is 7. The maximum absolute atomic E-state index is 11.6. The maximum atomic E-state index is 11.6. The zero-order valence-corrected chi connectivity index (χ0v) is 12.7. The van der Waals surface area contributed by atoms with E-state index in [2.05, 4.69) is 47.7 Å². The van der Waals surface area contributed by atoms with Gasteiger partial charge in [0.2, 0.25) is 5.91 Å². The van der Waals surface area contributed by atoms with Gasteiger partial charge in [-0.2, -0.15) is 0 Å². The molecule has 1 amide bonds. The maximum Gasteiger partial charge on any atom is 0.221 e. The molecular weight excluding hydrogens is 262 g/mol. The highest BCUT2D eigenvalue weighted by Crippen LogP contribution is 2.14. The summed E-state index contributed by atoms with van der Waals surface area (Å²) in [4.78, 5) is 15.7. The van der Waals surface area contributed by atoms with Crippen molar-refractivity contribution < 1.29 is 4.79 Å². The quantitative estimate of drug-likeness (QED) is 0.768. The molecule has 0 radical (unpaired) electrons. The molecule has 0 atom stereocenters. The van der Waals surface area contributed by atoms with Crippen molar-refractivity contribution in [2.45, 2.75) is 26.8 Å². The predicted molar refractivity (Wildman–Crippen MR) is 85.9 cm³/mol. The molecule has 0 saturated heterocycles. The van der Waals surface area contributed by atoms with Crippen LogP contribution in [0.15, 0.2) is 36.7 Å². The summed E-state index contributed by atoms with van der Waals surface area (Å²) in [7, 11) is 0. The molecule has 4 nitrogen and oxygen atoms in total. The van der Waals surface area contributed by atoms with Gasteiger partial charge in [0.1, 0.15) is 0 Å². The molecule has 0 aliphatic carbocycles. The van der Waals surface area contributed by atoms with Crippen LogP contribution in [-0.4, -0.2) is 24.0 Å². The second kappa shape index (κ2) is 7.74. The van der Waals surface area contributed by atoms with Gasteiger partial charge in [0.05, 0.1) is 0 Å². The first-order valence-electron chi connectivity index (χ1n) is 7.45. The SMILES string of the molecule is CC(C)CNC(=O)CCNCc1ccc2cnccc2c1. The summed E-state index contributed by atoms with van der Waals surface area (Å²) in [6.45, 7) is 6.40. The molecular formula is C17H23N3O. The molecule has 1 aromatic carbocycles. The molecule has 0 unspecified atom stereocenters. The van der Waals surface area contributed by atoms with Gasteiger partial charge < -0.3 is 10.6 Å². The number of aromatic nitrogens is 1. The molecule has 0 aliphatic heterocycles. The van der Waals surface area contributed by atoms with Crippen molar-refractivity contribution in [1.82, 2.24) is 15.6 Å². The number of pyridine rings is 1. The van der Waals surface area contributed by atoms with E-state index in [4.69, 9.17) is 0 Å². The fourth-order valence-electron chi connectivity index (χ4n) is 2.08. The van der Waals surface area contributed by atoms with E-state index < -0.39 is 0 Å². The summed E-state index contributed by atoms with van der Waals surface area (Å²) >= 11 is 0. The van der Waals surface area contributed by atoms with Crippen molar-refractivity contribution >= 4 is 16.7 Å². The van der Waals surface area contributed by atoms with Crippen LogP contribution in [0, 0.1) is 5.92 Å². The van der Waals surface area contributed by atoms with Gasteiger partial charge in [-0.1, -0.05) is 26.0 Å². The minimum absolute atomic E-state index is 0.112. The minimum atomic E-state index is 0.112. The molecule has 0 spiro atoms. The first-order valence-corrected chi connectivity index (χ1v) is 7.45. The van der Waals surface area contributed by atoms with Crippen molar-refractivity contribution in [3.63, 3.8) is 0 Å². The van der Waals surface area contributed by atoms with E-state index in [1.165, 1.54) is 10.9 Å². The van der Waals surface area contributed by atoms with Crippen LogP contribution in [0.1, 0.15) is 25.8 Å². The first-order chi connectivity index (χ1) is 10.1. The van der Waals surface area contributed by atoms with E-state index >= 15 is 0 Å². The van der Waals surface area contributed by atoms with Crippen LogP contribution in [0.5, 0.6) is 0 Å². The molecule has 1 heterocycles. The lowest BCUT2D eigenvalue weighted by Gasteiger charge is -2.08. The highest BCUT2D eigenvalue weighted by Gasteiger charge is 2.02. The molecule has 0 saturated carbocycles. The second-order valence-corrected chi connectivity index (χ2v) is 5.68. The van der Waals surface area contributed by atoms with E-state index in [0.717, 1.165) is 18.5 Å². The Hall–Kier alpha value is -1.94. The van der Waals surface area contributed by atoms with E-state index in [1.54, 1.807) is 6.20 Å². The Morgan fingerprint density at radius 3 is 2.90 bits per heavy atom. The Labute approximate surface area is 126 Å². The monoisotopic (exact) mass is 285 g/mol. The summed E-state index contributed by atoms with van der Waals surface area (Å²) in [6, 6.07) is 8.34. The van der Waals surface area contributed by atoms with Gasteiger partial charge >= 0.3 is 0 Å². The minimum Gasteiger partial charge on any atom is -0.356 e. The van der Waals surface area contributed by atoms with Gasteiger partial charge in [-0.25, -0.2) is 0 Å². The summed E-state index contributed by atoms with van der Waals surface area (Å²) in [5.74, 6) is 0.606. The molecule has 112 valence electrons. The predicted octanol–water partition coefficient (Wildman–Crippen LogP) is 2.49. The topological polar surface area (TPSA) is 54.0 Å². The molecule has 2 N–H and O–H groups in total. The third kappa shape index (κ3) is 5.16. The smallest absolute Gasteiger partial charge is 0.221 e. The Morgan fingerprint density at radius 2 is 2.10 bits per heavy atom. The zero-order chi connectivity index (χ0) is 15.1. The standard InChI is InChI=1S/C17H23N3O/c1-13(2)10-20-17(21)6-8-18-11-14-3-4-16-12-19-7-5-15(16)9-14/h3-5,7,9,12-13,18H,6,8,10-11H2,1-2H3,(H,20,21). The molecule has 0 bridgehead atoms. The van der Waals surface area contributed by atoms with Gasteiger partial charge in [-0.3, -0.25) is 9.78 Å². The average molecular weight is 285 g/mol. The molecule has 0 aliphatic rings. The number of carbonyl (C=O) groups is 1. The van der Waals surface area contributed by atoms with Gasteiger partial charge in [0, 0.05) is 43.8 Å². The third-order valence-electron chi connectivity index (χ3n) is 3.27. The number of amides is 1. The van der Waals surface area contributed by atoms with Crippen LogP contribution in [0.4, 0.5) is 0 Å². The number of fused-ring (bicyclic) bond motifs is 1. The number of nitrogens with one attached hydrogen (secondary N) is 2. The van der Waals surface area contributed by atoms with E-state index in [-0.39, 0.29) is 5.91 Å². The first kappa shape index (κ1) is 15.4. The third-order valence-corrected chi connectivity index (χ3v) is 3.27. The average Bonchev–Trinajstić information content (AvgIpc) is 2.49. The lowest BCUT2D eigenvalue weighted by molar-refractivity contribution is -0.121. The molecule has 1 aromatic heterocycles. The Balaban J connectivity index is 1.73. The fourth-order valence-corrected chi connectivity index (χ4v) is 2.08. The van der Waals surface area contributed by atoms with E-state index in [0.29, 0.717) is 18.9 Å². The number of carbonyl (C=O) groups excluding carboxylic acids is 1. The Morgan fingerprint density at radius 1 is 1.24 bits per heavy atom. The van der Waals surface area contributed by atoms with Gasteiger partial charge in [0.15, 0.2) is 0 Å². The second-order valence-electron chi connectivity index (χ2n) is 5.68. The lowest BCUT2D eigenvalue weighted by atomic mass is 10.1. The molecule has 21 heavy (non-hydrogen) atoms. The summed E-state index contributed by atoms with van der Waals surface area (Å²) in [5.41, 5.74) is 1.22.